The van der Waals surface area contributed by atoms with Gasteiger partial charge in [-0.1, -0.05) is 30.3 Å². The maximum Gasteiger partial charge on any atom is 0.159 e. The molecule has 2 N–H and O–H groups in total. The maximum atomic E-state index is 5.93. The van der Waals surface area contributed by atoms with E-state index in [9.17, 15) is 0 Å². The summed E-state index contributed by atoms with van der Waals surface area (Å²) in [6.45, 7) is 1.94. The van der Waals surface area contributed by atoms with E-state index in [-0.39, 0.29) is 0 Å². The van der Waals surface area contributed by atoms with Gasteiger partial charge in [0.1, 0.15) is 17.8 Å². The molecule has 0 unspecified atom stereocenters. The number of H-pyrrole nitrogens is 1. The highest BCUT2D eigenvalue weighted by atomic mass is 16.5. The Balaban J connectivity index is 1.34. The first-order valence-electron chi connectivity index (χ1n) is 12.1. The Morgan fingerprint density at radius 2 is 1.81 bits per heavy atom. The van der Waals surface area contributed by atoms with Gasteiger partial charge in [-0.3, -0.25) is 10.3 Å². The smallest absolute Gasteiger partial charge is 0.159 e. The Hall–Kier alpha value is -4.43. The van der Waals surface area contributed by atoms with E-state index in [1.54, 1.807) is 12.4 Å². The minimum atomic E-state index is 0.488. The fraction of sp³-hybridized carbons (Fsp3) is 0.179. The molecule has 0 saturated carbocycles. The molecule has 0 aliphatic carbocycles. The van der Waals surface area contributed by atoms with E-state index >= 15 is 0 Å². The highest BCUT2D eigenvalue weighted by molar-refractivity contribution is 6.12. The first-order chi connectivity index (χ1) is 17.8. The second-order valence-corrected chi connectivity index (χ2v) is 8.98. The molecule has 0 amide bonds. The Morgan fingerprint density at radius 3 is 2.75 bits per heavy atom. The lowest BCUT2D eigenvalue weighted by Crippen LogP contribution is -2.12. The molecule has 0 atom stereocenters. The molecule has 0 bridgehead atoms. The molecule has 2 aliphatic rings. The lowest BCUT2D eigenvalue weighted by Gasteiger charge is -2.18. The predicted molar refractivity (Wildman–Crippen MR) is 138 cm³/mol. The molecule has 0 saturated heterocycles. The number of aliphatic imine (C=N–C) groups is 1. The van der Waals surface area contributed by atoms with Crippen LogP contribution in [0.25, 0.3) is 33.4 Å². The normalized spacial score (nSPS) is 14.9. The number of aromatic amines is 1. The molecule has 3 aromatic heterocycles. The fourth-order valence-electron chi connectivity index (χ4n) is 4.90. The minimum absolute atomic E-state index is 0.488. The first-order valence-corrected chi connectivity index (χ1v) is 12.1. The summed E-state index contributed by atoms with van der Waals surface area (Å²) in [5.74, 6) is 1.67. The second-order valence-electron chi connectivity index (χ2n) is 8.98. The van der Waals surface area contributed by atoms with E-state index in [1.165, 1.54) is 11.9 Å². The van der Waals surface area contributed by atoms with Crippen LogP contribution in [0.5, 0.6) is 5.75 Å². The maximum absolute atomic E-state index is 5.93. The van der Waals surface area contributed by atoms with Gasteiger partial charge in [0.15, 0.2) is 5.82 Å². The molecule has 7 rings (SSSR count). The number of hydrogen-bond acceptors (Lipinski definition) is 7. The molecule has 0 spiro atoms. The largest absolute Gasteiger partial charge is 0.493 e. The third-order valence-corrected chi connectivity index (χ3v) is 6.69. The SMILES string of the molecule is c1cc(-c2ccc3c(c2)OCCC3)c2nc(C3=NCNCc4ccc(-c5cncnc5)nc43)[nH]c2c1. The summed E-state index contributed by atoms with van der Waals surface area (Å²) in [4.78, 5) is 26.6. The minimum Gasteiger partial charge on any atom is -0.493 e. The topological polar surface area (TPSA) is 101 Å². The van der Waals surface area contributed by atoms with Crippen molar-refractivity contribution in [2.75, 3.05) is 13.3 Å². The van der Waals surface area contributed by atoms with E-state index in [0.29, 0.717) is 19.0 Å². The number of imidazole rings is 1. The monoisotopic (exact) mass is 473 g/mol. The van der Waals surface area contributed by atoms with Crippen LogP contribution in [0.3, 0.4) is 0 Å². The summed E-state index contributed by atoms with van der Waals surface area (Å²) in [5.41, 5.74) is 9.55. The van der Waals surface area contributed by atoms with Crippen LogP contribution < -0.4 is 10.1 Å². The van der Waals surface area contributed by atoms with Crippen molar-refractivity contribution in [2.45, 2.75) is 19.4 Å². The number of rotatable bonds is 3. The number of aromatic nitrogens is 5. The number of para-hydroxylation sites is 1. The molecular weight excluding hydrogens is 450 g/mol. The van der Waals surface area contributed by atoms with E-state index in [2.05, 4.69) is 56.7 Å². The quantitative estimate of drug-likeness (QED) is 0.405. The zero-order valence-electron chi connectivity index (χ0n) is 19.5. The third kappa shape index (κ3) is 3.63. The van der Waals surface area contributed by atoms with E-state index < -0.39 is 0 Å². The van der Waals surface area contributed by atoms with Crippen LogP contribution in [0.1, 0.15) is 29.1 Å². The molecular formula is C28H23N7O. The van der Waals surface area contributed by atoms with Crippen LogP contribution in [0.2, 0.25) is 0 Å². The average Bonchev–Trinajstić information content (AvgIpc) is 3.26. The number of fused-ring (bicyclic) bond motifs is 3. The number of nitrogens with one attached hydrogen (secondary N) is 2. The van der Waals surface area contributed by atoms with E-state index in [4.69, 9.17) is 19.7 Å². The number of ether oxygens (including phenoxy) is 1. The van der Waals surface area contributed by atoms with Gasteiger partial charge in [0.05, 0.1) is 35.7 Å². The number of hydrogen-bond donors (Lipinski definition) is 2. The lowest BCUT2D eigenvalue weighted by molar-refractivity contribution is 0.288. The molecule has 5 heterocycles. The fourth-order valence-corrected chi connectivity index (χ4v) is 4.90. The van der Waals surface area contributed by atoms with Crippen molar-refractivity contribution >= 4 is 16.7 Å². The van der Waals surface area contributed by atoms with Crippen LogP contribution in [0, 0.1) is 0 Å². The van der Waals surface area contributed by atoms with Crippen molar-refractivity contribution < 1.29 is 4.74 Å². The summed E-state index contributed by atoms with van der Waals surface area (Å²) in [5, 5.41) is 3.35. The third-order valence-electron chi connectivity index (χ3n) is 6.69. The molecule has 0 radical (unpaired) electrons. The van der Waals surface area contributed by atoms with Crippen molar-refractivity contribution in [1.82, 2.24) is 30.2 Å². The molecule has 8 heteroatoms. The summed E-state index contributed by atoms with van der Waals surface area (Å²) >= 11 is 0. The van der Waals surface area contributed by atoms with Crippen molar-refractivity contribution in [3.63, 3.8) is 0 Å². The van der Waals surface area contributed by atoms with Crippen LogP contribution >= 0.6 is 0 Å². The van der Waals surface area contributed by atoms with Crippen molar-refractivity contribution in [3.8, 4) is 28.1 Å². The Labute approximate surface area is 207 Å². The molecule has 176 valence electrons. The van der Waals surface area contributed by atoms with Gasteiger partial charge in [-0.2, -0.15) is 0 Å². The highest BCUT2D eigenvalue weighted by Gasteiger charge is 2.22. The van der Waals surface area contributed by atoms with Gasteiger partial charge in [-0.15, -0.1) is 0 Å². The predicted octanol–water partition coefficient (Wildman–Crippen LogP) is 4.31. The summed E-state index contributed by atoms with van der Waals surface area (Å²) < 4.78 is 5.93. The van der Waals surface area contributed by atoms with Gasteiger partial charge < -0.3 is 9.72 Å². The number of pyridine rings is 1. The van der Waals surface area contributed by atoms with Crippen LogP contribution in [0.4, 0.5) is 0 Å². The van der Waals surface area contributed by atoms with Gasteiger partial charge in [0.2, 0.25) is 0 Å². The van der Waals surface area contributed by atoms with Gasteiger partial charge in [-0.25, -0.2) is 19.9 Å². The van der Waals surface area contributed by atoms with Gasteiger partial charge in [0.25, 0.3) is 0 Å². The highest BCUT2D eigenvalue weighted by Crippen LogP contribution is 2.34. The summed E-state index contributed by atoms with van der Waals surface area (Å²) in [7, 11) is 0. The van der Waals surface area contributed by atoms with E-state index in [0.717, 1.165) is 75.6 Å². The van der Waals surface area contributed by atoms with Crippen LogP contribution in [-0.2, 0) is 13.0 Å². The molecule has 2 aliphatic heterocycles. The first kappa shape index (κ1) is 20.9. The molecule has 5 aromatic rings. The van der Waals surface area contributed by atoms with Crippen LogP contribution in [-0.4, -0.2) is 43.9 Å². The van der Waals surface area contributed by atoms with Crippen LogP contribution in [0.15, 0.2) is 72.2 Å². The van der Waals surface area contributed by atoms with E-state index in [1.807, 2.05) is 12.1 Å². The molecule has 8 nitrogen and oxygen atoms in total. The second kappa shape index (κ2) is 8.66. The lowest BCUT2D eigenvalue weighted by atomic mass is 9.99. The average molecular weight is 474 g/mol. The van der Waals surface area contributed by atoms with Gasteiger partial charge >= 0.3 is 0 Å². The van der Waals surface area contributed by atoms with Crippen molar-refractivity contribution in [2.24, 2.45) is 4.99 Å². The van der Waals surface area contributed by atoms with Crippen molar-refractivity contribution in [1.29, 1.82) is 0 Å². The van der Waals surface area contributed by atoms with Gasteiger partial charge in [-0.05, 0) is 47.7 Å². The van der Waals surface area contributed by atoms with Crippen molar-refractivity contribution in [3.05, 3.63) is 89.9 Å². The standard InChI is InChI=1S/C28H23N7O/c1-4-21(18-7-6-17-3-2-10-36-24(17)11-18)26-23(5-1)34-28(35-26)27-25-19(12-31-16-32-27)8-9-22(33-25)20-13-29-15-30-14-20/h1,4-9,11,13-15,31H,2-3,10,12,16H2,(H,34,35). The Bertz CT molecular complexity index is 1620. The number of benzene rings is 2. The molecule has 0 fully saturated rings. The zero-order valence-corrected chi connectivity index (χ0v) is 19.5. The molecule has 36 heavy (non-hydrogen) atoms. The zero-order chi connectivity index (χ0) is 23.9. The number of nitrogens with zero attached hydrogens (tertiary/aromatic N) is 5. The molecule has 2 aromatic carbocycles. The Kier molecular flexibility index (Phi) is 5.03. The summed E-state index contributed by atoms with van der Waals surface area (Å²) in [6, 6.07) is 16.8. The number of aryl methyl sites for hydroxylation is 1. The summed E-state index contributed by atoms with van der Waals surface area (Å²) in [6.07, 6.45) is 7.18. The van der Waals surface area contributed by atoms with Gasteiger partial charge in [0, 0.05) is 30.1 Å². The Morgan fingerprint density at radius 1 is 0.889 bits per heavy atom.